The highest BCUT2D eigenvalue weighted by molar-refractivity contribution is 7.80. The molecule has 0 atom stereocenters. The van der Waals surface area contributed by atoms with E-state index < -0.39 is 0 Å². The summed E-state index contributed by atoms with van der Waals surface area (Å²) in [6, 6.07) is 5.47. The number of esters is 1. The van der Waals surface area contributed by atoms with Gasteiger partial charge in [-0.25, -0.2) is 4.79 Å². The zero-order chi connectivity index (χ0) is 16.7. The molecule has 0 aromatic heterocycles. The van der Waals surface area contributed by atoms with Gasteiger partial charge in [-0.05, 0) is 68.9 Å². The monoisotopic (exact) mass is 332 g/mol. The molecule has 1 aromatic rings. The number of rotatable bonds is 5. The van der Waals surface area contributed by atoms with Crippen molar-refractivity contribution in [1.82, 2.24) is 5.32 Å². The maximum Gasteiger partial charge on any atom is 0.338 e. The van der Waals surface area contributed by atoms with Gasteiger partial charge in [0.25, 0.3) is 0 Å². The molecule has 0 bridgehead atoms. The van der Waals surface area contributed by atoms with Gasteiger partial charge >= 0.3 is 5.97 Å². The number of allylic oxidation sites excluding steroid dienone is 1. The second-order valence-corrected chi connectivity index (χ2v) is 6.12. The molecule has 0 spiro atoms. The Kier molecular flexibility index (Phi) is 6.59. The molecule has 0 saturated carbocycles. The highest BCUT2D eigenvalue weighted by Crippen LogP contribution is 2.20. The molecule has 0 fully saturated rings. The van der Waals surface area contributed by atoms with Crippen LogP contribution in [0, 0.1) is 6.92 Å². The van der Waals surface area contributed by atoms with Crippen molar-refractivity contribution in [1.29, 1.82) is 0 Å². The first-order chi connectivity index (χ1) is 11.1. The Labute approximate surface area is 143 Å². The standard InChI is InChI=1S/C18H24N2O2S/c1-13-15(17(21)22-2)9-6-10-16(13)20-18(23)19-12-11-14-7-4-3-5-8-14/h6-7,9-10H,3-5,8,11-12H2,1-2H3,(H2,19,20,23). The van der Waals surface area contributed by atoms with Crippen molar-refractivity contribution in [2.24, 2.45) is 0 Å². The normalized spacial score (nSPS) is 13.9. The average molecular weight is 332 g/mol. The van der Waals surface area contributed by atoms with Crippen LogP contribution in [0.4, 0.5) is 5.69 Å². The van der Waals surface area contributed by atoms with Crippen LogP contribution < -0.4 is 10.6 Å². The number of anilines is 1. The van der Waals surface area contributed by atoms with Crippen molar-refractivity contribution in [2.45, 2.75) is 39.0 Å². The van der Waals surface area contributed by atoms with E-state index in [0.717, 1.165) is 24.2 Å². The Balaban J connectivity index is 1.87. The van der Waals surface area contributed by atoms with E-state index in [0.29, 0.717) is 10.7 Å². The summed E-state index contributed by atoms with van der Waals surface area (Å²) in [5, 5.41) is 6.97. The van der Waals surface area contributed by atoms with Crippen LogP contribution in [0.1, 0.15) is 48.0 Å². The van der Waals surface area contributed by atoms with Crippen LogP contribution in [0.15, 0.2) is 29.8 Å². The van der Waals surface area contributed by atoms with E-state index in [1.165, 1.54) is 38.4 Å². The lowest BCUT2D eigenvalue weighted by Gasteiger charge is -2.16. The van der Waals surface area contributed by atoms with Crippen LogP contribution in [0.3, 0.4) is 0 Å². The van der Waals surface area contributed by atoms with E-state index in [-0.39, 0.29) is 5.97 Å². The topological polar surface area (TPSA) is 50.4 Å². The number of carbonyl (C=O) groups is 1. The predicted octanol–water partition coefficient (Wildman–Crippen LogP) is 3.96. The highest BCUT2D eigenvalue weighted by Gasteiger charge is 2.12. The zero-order valence-electron chi connectivity index (χ0n) is 13.8. The molecule has 0 saturated heterocycles. The largest absolute Gasteiger partial charge is 0.465 e. The summed E-state index contributed by atoms with van der Waals surface area (Å²) in [6.07, 6.45) is 8.41. The number of hydrogen-bond acceptors (Lipinski definition) is 3. The summed E-state index contributed by atoms with van der Waals surface area (Å²) in [4.78, 5) is 11.7. The second kappa shape index (κ2) is 8.67. The van der Waals surface area contributed by atoms with Gasteiger partial charge in [0.1, 0.15) is 0 Å². The zero-order valence-corrected chi connectivity index (χ0v) is 14.6. The maximum absolute atomic E-state index is 11.7. The fourth-order valence-corrected chi connectivity index (χ4v) is 2.95. The molecule has 0 amide bonds. The SMILES string of the molecule is COC(=O)c1cccc(NC(=S)NCCC2=CCCCC2)c1C. The van der Waals surface area contributed by atoms with Crippen LogP contribution in [0.5, 0.6) is 0 Å². The Hall–Kier alpha value is -1.88. The Morgan fingerprint density at radius 1 is 1.35 bits per heavy atom. The summed E-state index contributed by atoms with van der Waals surface area (Å²) in [5.41, 5.74) is 3.73. The van der Waals surface area contributed by atoms with Gasteiger partial charge < -0.3 is 15.4 Å². The molecule has 124 valence electrons. The second-order valence-electron chi connectivity index (χ2n) is 5.71. The van der Waals surface area contributed by atoms with Crippen molar-refractivity contribution in [3.8, 4) is 0 Å². The lowest BCUT2D eigenvalue weighted by atomic mass is 9.97. The van der Waals surface area contributed by atoms with Crippen LogP contribution >= 0.6 is 12.2 Å². The third kappa shape index (κ3) is 5.06. The first-order valence-electron chi connectivity index (χ1n) is 8.02. The quantitative estimate of drug-likeness (QED) is 0.486. The molecular formula is C18H24N2O2S. The first-order valence-corrected chi connectivity index (χ1v) is 8.43. The Morgan fingerprint density at radius 3 is 2.87 bits per heavy atom. The van der Waals surface area contributed by atoms with Gasteiger partial charge in [-0.15, -0.1) is 0 Å². The summed E-state index contributed by atoms with van der Waals surface area (Å²) in [6.45, 7) is 2.71. The number of hydrogen-bond donors (Lipinski definition) is 2. The van der Waals surface area contributed by atoms with E-state index in [4.69, 9.17) is 17.0 Å². The van der Waals surface area contributed by atoms with Crippen molar-refractivity contribution >= 4 is 29.0 Å². The van der Waals surface area contributed by atoms with E-state index in [1.807, 2.05) is 19.1 Å². The maximum atomic E-state index is 11.7. The van der Waals surface area contributed by atoms with E-state index in [9.17, 15) is 4.79 Å². The molecule has 2 N–H and O–H groups in total. The van der Waals surface area contributed by atoms with Crippen molar-refractivity contribution < 1.29 is 9.53 Å². The van der Waals surface area contributed by atoms with Crippen molar-refractivity contribution in [2.75, 3.05) is 19.0 Å². The summed E-state index contributed by atoms with van der Waals surface area (Å²) < 4.78 is 4.79. The van der Waals surface area contributed by atoms with E-state index in [2.05, 4.69) is 16.7 Å². The average Bonchev–Trinajstić information content (AvgIpc) is 2.57. The summed E-state index contributed by atoms with van der Waals surface area (Å²) in [5.74, 6) is -0.339. The molecule has 1 aliphatic rings. The Morgan fingerprint density at radius 2 is 2.17 bits per heavy atom. The van der Waals surface area contributed by atoms with Crippen LogP contribution in [0.2, 0.25) is 0 Å². The van der Waals surface area contributed by atoms with Crippen molar-refractivity contribution in [3.63, 3.8) is 0 Å². The summed E-state index contributed by atoms with van der Waals surface area (Å²) >= 11 is 5.34. The molecule has 0 aliphatic heterocycles. The molecule has 2 rings (SSSR count). The first kappa shape index (κ1) is 17.5. The molecule has 0 heterocycles. The van der Waals surface area contributed by atoms with Gasteiger partial charge in [-0.2, -0.15) is 0 Å². The van der Waals surface area contributed by atoms with Gasteiger partial charge in [0.15, 0.2) is 5.11 Å². The lowest BCUT2D eigenvalue weighted by molar-refractivity contribution is 0.0600. The highest BCUT2D eigenvalue weighted by atomic mass is 32.1. The number of methoxy groups -OCH3 is 1. The fraction of sp³-hybridized carbons (Fsp3) is 0.444. The third-order valence-corrected chi connectivity index (χ3v) is 4.35. The van der Waals surface area contributed by atoms with Crippen LogP contribution in [0.25, 0.3) is 0 Å². The fourth-order valence-electron chi connectivity index (χ4n) is 2.74. The van der Waals surface area contributed by atoms with Gasteiger partial charge in [-0.1, -0.05) is 17.7 Å². The summed E-state index contributed by atoms with van der Waals surface area (Å²) in [7, 11) is 1.38. The molecule has 4 nitrogen and oxygen atoms in total. The molecule has 0 unspecified atom stereocenters. The number of benzene rings is 1. The number of nitrogens with one attached hydrogen (secondary N) is 2. The van der Waals surface area contributed by atoms with E-state index >= 15 is 0 Å². The minimum absolute atomic E-state index is 0.339. The van der Waals surface area contributed by atoms with Gasteiger partial charge in [0.2, 0.25) is 0 Å². The predicted molar refractivity (Wildman–Crippen MR) is 97.9 cm³/mol. The minimum Gasteiger partial charge on any atom is -0.465 e. The molecule has 0 radical (unpaired) electrons. The molecule has 5 heteroatoms. The Bertz CT molecular complexity index is 611. The van der Waals surface area contributed by atoms with Crippen LogP contribution in [-0.2, 0) is 4.74 Å². The minimum atomic E-state index is -0.339. The van der Waals surface area contributed by atoms with Gasteiger partial charge in [-0.3, -0.25) is 0 Å². The lowest BCUT2D eigenvalue weighted by Crippen LogP contribution is -2.30. The van der Waals surface area contributed by atoms with Gasteiger partial charge in [0.05, 0.1) is 12.7 Å². The smallest absolute Gasteiger partial charge is 0.338 e. The number of carbonyl (C=O) groups excluding carboxylic acids is 1. The van der Waals surface area contributed by atoms with Crippen molar-refractivity contribution in [3.05, 3.63) is 41.0 Å². The van der Waals surface area contributed by atoms with E-state index in [1.54, 1.807) is 6.07 Å². The number of thiocarbonyl (C=S) groups is 1. The van der Waals surface area contributed by atoms with Crippen LogP contribution in [-0.4, -0.2) is 24.7 Å². The number of ether oxygens (including phenoxy) is 1. The molecule has 1 aromatic carbocycles. The van der Waals surface area contributed by atoms with Gasteiger partial charge in [0, 0.05) is 12.2 Å². The molecule has 23 heavy (non-hydrogen) atoms. The molecule has 1 aliphatic carbocycles. The molecular weight excluding hydrogens is 308 g/mol. The third-order valence-electron chi connectivity index (χ3n) is 4.10.